The van der Waals surface area contributed by atoms with Crippen molar-refractivity contribution in [3.05, 3.63) is 83.4 Å². The summed E-state index contributed by atoms with van der Waals surface area (Å²) in [5, 5.41) is 22.7. The average molecular weight is 351 g/mol. The first-order chi connectivity index (χ1) is 12.2. The highest BCUT2D eigenvalue weighted by molar-refractivity contribution is 7.99. The van der Waals surface area contributed by atoms with Crippen molar-refractivity contribution < 1.29 is 10.2 Å². The summed E-state index contributed by atoms with van der Waals surface area (Å²) in [7, 11) is 0. The molecule has 0 heterocycles. The second-order valence-electron chi connectivity index (χ2n) is 5.85. The van der Waals surface area contributed by atoms with E-state index in [0.29, 0.717) is 17.8 Å². The van der Waals surface area contributed by atoms with Crippen molar-refractivity contribution in [1.29, 1.82) is 0 Å². The predicted molar refractivity (Wildman–Crippen MR) is 103 cm³/mol. The van der Waals surface area contributed by atoms with Gasteiger partial charge in [-0.25, -0.2) is 0 Å². The molecule has 0 aliphatic rings. The summed E-state index contributed by atoms with van der Waals surface area (Å²) in [5.41, 5.74) is 3.55. The lowest BCUT2D eigenvalue weighted by molar-refractivity contribution is 0.276. The van der Waals surface area contributed by atoms with E-state index >= 15 is 0 Å². The maximum atomic E-state index is 10.2. The van der Waals surface area contributed by atoms with E-state index in [0.717, 1.165) is 5.56 Å². The molecule has 0 radical (unpaired) electrons. The van der Waals surface area contributed by atoms with Crippen LogP contribution >= 0.6 is 11.8 Å². The lowest BCUT2D eigenvalue weighted by Gasteiger charge is -2.13. The van der Waals surface area contributed by atoms with Gasteiger partial charge in [0.25, 0.3) is 0 Å². The van der Waals surface area contributed by atoms with E-state index in [1.165, 1.54) is 15.4 Å². The number of benzene rings is 3. The number of aromatic hydroxyl groups is 1. The molecule has 4 heteroatoms. The Balaban J connectivity index is 1.76. The van der Waals surface area contributed by atoms with Crippen LogP contribution in [-0.4, -0.2) is 10.2 Å². The van der Waals surface area contributed by atoms with Crippen LogP contribution in [0.4, 0.5) is 5.69 Å². The minimum Gasteiger partial charge on any atom is -0.505 e. The van der Waals surface area contributed by atoms with Gasteiger partial charge in [0.1, 0.15) is 5.75 Å². The lowest BCUT2D eigenvalue weighted by atomic mass is 10.1. The number of aliphatic hydroxyl groups excluding tert-OH is 1. The molecule has 0 saturated carbocycles. The summed E-state index contributed by atoms with van der Waals surface area (Å²) in [6.45, 7) is 2.50. The minimum absolute atomic E-state index is 0.105. The first kappa shape index (κ1) is 17.4. The molecule has 0 unspecified atom stereocenters. The first-order valence-corrected chi connectivity index (χ1v) is 8.97. The van der Waals surface area contributed by atoms with E-state index in [-0.39, 0.29) is 12.4 Å². The van der Waals surface area contributed by atoms with Gasteiger partial charge in [-0.1, -0.05) is 59.8 Å². The fourth-order valence-corrected chi connectivity index (χ4v) is 3.48. The number of para-hydroxylation sites is 1. The third-order valence-corrected chi connectivity index (χ3v) is 5.11. The highest BCUT2D eigenvalue weighted by Gasteiger charge is 2.08. The Bertz CT molecular complexity index is 847. The molecule has 3 nitrogen and oxygen atoms in total. The molecule has 0 bridgehead atoms. The first-order valence-electron chi connectivity index (χ1n) is 8.15. The maximum Gasteiger partial charge on any atom is 0.144 e. The van der Waals surface area contributed by atoms with Gasteiger partial charge in [0.05, 0.1) is 12.3 Å². The molecule has 0 saturated heterocycles. The fourth-order valence-electron chi connectivity index (χ4n) is 2.53. The van der Waals surface area contributed by atoms with Crippen molar-refractivity contribution in [3.8, 4) is 5.75 Å². The van der Waals surface area contributed by atoms with Crippen LogP contribution in [0, 0.1) is 6.92 Å². The summed E-state index contributed by atoms with van der Waals surface area (Å²) >= 11 is 1.73. The zero-order valence-electron chi connectivity index (χ0n) is 14.1. The topological polar surface area (TPSA) is 52.5 Å². The summed E-state index contributed by atoms with van der Waals surface area (Å²) in [5.74, 6) is 0.105. The largest absolute Gasteiger partial charge is 0.505 e. The quantitative estimate of drug-likeness (QED) is 0.550. The Morgan fingerprint density at radius 2 is 1.60 bits per heavy atom. The van der Waals surface area contributed by atoms with E-state index in [1.54, 1.807) is 17.8 Å². The van der Waals surface area contributed by atoms with E-state index in [1.807, 2.05) is 24.3 Å². The van der Waals surface area contributed by atoms with Crippen molar-refractivity contribution in [2.45, 2.75) is 29.9 Å². The van der Waals surface area contributed by atoms with Crippen molar-refractivity contribution in [2.24, 2.45) is 0 Å². The molecule has 0 aliphatic carbocycles. The van der Waals surface area contributed by atoms with Crippen molar-refractivity contribution in [2.75, 3.05) is 5.32 Å². The van der Waals surface area contributed by atoms with Crippen molar-refractivity contribution >= 4 is 17.4 Å². The van der Waals surface area contributed by atoms with Crippen LogP contribution in [0.3, 0.4) is 0 Å². The average Bonchev–Trinajstić information content (AvgIpc) is 2.64. The van der Waals surface area contributed by atoms with Crippen LogP contribution in [0.2, 0.25) is 0 Å². The highest BCUT2D eigenvalue weighted by Crippen LogP contribution is 2.32. The van der Waals surface area contributed by atoms with Gasteiger partial charge in [-0.2, -0.15) is 0 Å². The van der Waals surface area contributed by atoms with Crippen LogP contribution in [0.15, 0.2) is 76.5 Å². The van der Waals surface area contributed by atoms with Gasteiger partial charge >= 0.3 is 0 Å². The van der Waals surface area contributed by atoms with Crippen LogP contribution in [-0.2, 0) is 13.2 Å². The number of aliphatic hydroxyl groups is 1. The molecule has 25 heavy (non-hydrogen) atoms. The summed E-state index contributed by atoms with van der Waals surface area (Å²) in [6.07, 6.45) is 0. The van der Waals surface area contributed by atoms with Gasteiger partial charge in [-0.15, -0.1) is 0 Å². The zero-order chi connectivity index (χ0) is 17.6. The summed E-state index contributed by atoms with van der Waals surface area (Å²) in [6, 6.07) is 22.0. The van der Waals surface area contributed by atoms with Crippen LogP contribution in [0.5, 0.6) is 5.75 Å². The lowest BCUT2D eigenvalue weighted by Crippen LogP contribution is -2.02. The molecule has 0 amide bonds. The third kappa shape index (κ3) is 4.35. The van der Waals surface area contributed by atoms with Gasteiger partial charge in [0.2, 0.25) is 0 Å². The molecule has 0 spiro atoms. The SMILES string of the molecule is Cc1ccc(Sc2ccccc2CNc2cccc(CO)c2O)cc1. The van der Waals surface area contributed by atoms with Gasteiger partial charge < -0.3 is 15.5 Å². The normalized spacial score (nSPS) is 10.6. The van der Waals surface area contributed by atoms with E-state index < -0.39 is 0 Å². The monoisotopic (exact) mass is 351 g/mol. The number of phenols is 1. The molecule has 3 N–H and O–H groups in total. The Labute approximate surface area is 152 Å². The molecule has 0 aliphatic heterocycles. The Kier molecular flexibility index (Phi) is 5.64. The number of hydrogen-bond donors (Lipinski definition) is 3. The standard InChI is InChI=1S/C21H21NO2S/c1-15-9-11-18(12-10-15)25-20-8-3-2-5-16(20)13-22-19-7-4-6-17(14-23)21(19)24/h2-12,22-24H,13-14H2,1H3. The van der Waals surface area contributed by atoms with Gasteiger partial charge in [0, 0.05) is 21.9 Å². The Morgan fingerprint density at radius 3 is 2.36 bits per heavy atom. The van der Waals surface area contributed by atoms with Gasteiger partial charge in [-0.05, 0) is 36.8 Å². The molecular formula is C21H21NO2S. The van der Waals surface area contributed by atoms with Crippen LogP contribution in [0.25, 0.3) is 0 Å². The Morgan fingerprint density at radius 1 is 0.880 bits per heavy atom. The van der Waals surface area contributed by atoms with Crippen molar-refractivity contribution in [1.82, 2.24) is 0 Å². The molecular weight excluding hydrogens is 330 g/mol. The highest BCUT2D eigenvalue weighted by atomic mass is 32.2. The van der Waals surface area contributed by atoms with Crippen LogP contribution < -0.4 is 5.32 Å². The number of nitrogens with one attached hydrogen (secondary N) is 1. The molecule has 3 rings (SSSR count). The smallest absolute Gasteiger partial charge is 0.144 e. The summed E-state index contributed by atoms with van der Waals surface area (Å²) in [4.78, 5) is 2.37. The maximum absolute atomic E-state index is 10.2. The number of anilines is 1. The predicted octanol–water partition coefficient (Wildman–Crippen LogP) is 4.96. The third-order valence-electron chi connectivity index (χ3n) is 3.98. The van der Waals surface area contributed by atoms with Gasteiger partial charge in [-0.3, -0.25) is 0 Å². The van der Waals surface area contributed by atoms with Crippen LogP contribution in [0.1, 0.15) is 16.7 Å². The van der Waals surface area contributed by atoms with Crippen molar-refractivity contribution in [3.63, 3.8) is 0 Å². The second-order valence-corrected chi connectivity index (χ2v) is 6.96. The molecule has 128 valence electrons. The number of hydrogen-bond acceptors (Lipinski definition) is 4. The van der Waals surface area contributed by atoms with E-state index in [4.69, 9.17) is 0 Å². The Hall–Kier alpha value is -2.43. The van der Waals surface area contributed by atoms with E-state index in [2.05, 4.69) is 48.6 Å². The van der Waals surface area contributed by atoms with E-state index in [9.17, 15) is 10.2 Å². The summed E-state index contributed by atoms with van der Waals surface area (Å²) < 4.78 is 0. The number of rotatable bonds is 6. The molecule has 3 aromatic rings. The molecule has 0 aromatic heterocycles. The van der Waals surface area contributed by atoms with Gasteiger partial charge in [0.15, 0.2) is 0 Å². The molecule has 0 atom stereocenters. The number of aryl methyl sites for hydroxylation is 1. The minimum atomic E-state index is -0.179. The molecule has 3 aromatic carbocycles. The second kappa shape index (κ2) is 8.10. The fraction of sp³-hybridized carbons (Fsp3) is 0.143. The molecule has 0 fully saturated rings. The zero-order valence-corrected chi connectivity index (χ0v) is 14.9.